The minimum atomic E-state index is -0.0531. The largest absolute Gasteiger partial charge is 0.484 e. The van der Waals surface area contributed by atoms with Crippen molar-refractivity contribution in [3.63, 3.8) is 0 Å². The zero-order valence-corrected chi connectivity index (χ0v) is 10.7. The third-order valence-corrected chi connectivity index (χ3v) is 2.46. The van der Waals surface area contributed by atoms with E-state index in [4.69, 9.17) is 4.74 Å². The molecule has 0 radical (unpaired) electrons. The van der Waals surface area contributed by atoms with Gasteiger partial charge in [0, 0.05) is 6.54 Å². The number of hydrogen-bond donors (Lipinski definition) is 1. The second-order valence-electron chi connectivity index (χ2n) is 4.16. The number of hydrogen-bond acceptors (Lipinski definition) is 2. The maximum atomic E-state index is 11.4. The van der Waals surface area contributed by atoms with Crippen LogP contribution in [0.2, 0.25) is 0 Å². The van der Waals surface area contributed by atoms with Crippen molar-refractivity contribution in [3.05, 3.63) is 29.8 Å². The number of benzene rings is 1. The van der Waals surface area contributed by atoms with Crippen molar-refractivity contribution in [3.8, 4) is 5.75 Å². The Hall–Kier alpha value is -1.51. The molecule has 1 amide bonds. The van der Waals surface area contributed by atoms with E-state index >= 15 is 0 Å². The van der Waals surface area contributed by atoms with Crippen LogP contribution < -0.4 is 10.1 Å². The first kappa shape index (κ1) is 13.6. The van der Waals surface area contributed by atoms with Gasteiger partial charge in [-0.15, -0.1) is 0 Å². The third-order valence-electron chi connectivity index (χ3n) is 2.46. The Morgan fingerprint density at radius 3 is 2.88 bits per heavy atom. The summed E-state index contributed by atoms with van der Waals surface area (Å²) in [6.45, 7) is 4.97. The molecular weight excluding hydrogens is 214 g/mol. The van der Waals surface area contributed by atoms with Gasteiger partial charge in [0.25, 0.3) is 5.91 Å². The molecule has 0 aliphatic heterocycles. The van der Waals surface area contributed by atoms with E-state index in [9.17, 15) is 4.79 Å². The van der Waals surface area contributed by atoms with Crippen LogP contribution in [-0.2, 0) is 4.79 Å². The monoisotopic (exact) mass is 235 g/mol. The first-order valence-corrected chi connectivity index (χ1v) is 6.18. The van der Waals surface area contributed by atoms with E-state index in [-0.39, 0.29) is 12.5 Å². The molecule has 0 aliphatic rings. The number of aryl methyl sites for hydroxylation is 1. The predicted octanol–water partition coefficient (Wildman–Crippen LogP) is 2.68. The lowest BCUT2D eigenvalue weighted by Gasteiger charge is -2.07. The van der Waals surface area contributed by atoms with Crippen molar-refractivity contribution in [2.24, 2.45) is 0 Å². The van der Waals surface area contributed by atoms with Crippen LogP contribution in [0.3, 0.4) is 0 Å². The fourth-order valence-electron chi connectivity index (χ4n) is 1.51. The van der Waals surface area contributed by atoms with Gasteiger partial charge in [-0.1, -0.05) is 31.9 Å². The van der Waals surface area contributed by atoms with Crippen molar-refractivity contribution in [1.82, 2.24) is 5.32 Å². The molecule has 0 heterocycles. The minimum absolute atomic E-state index is 0.0531. The Balaban J connectivity index is 2.19. The van der Waals surface area contributed by atoms with Crippen LogP contribution >= 0.6 is 0 Å². The molecule has 0 saturated heterocycles. The zero-order valence-electron chi connectivity index (χ0n) is 10.7. The highest BCUT2D eigenvalue weighted by Gasteiger charge is 2.01. The summed E-state index contributed by atoms with van der Waals surface area (Å²) in [5, 5.41) is 2.84. The molecule has 0 aromatic heterocycles. The van der Waals surface area contributed by atoms with Crippen LogP contribution in [0.25, 0.3) is 0 Å². The van der Waals surface area contributed by atoms with Gasteiger partial charge in [-0.3, -0.25) is 4.79 Å². The lowest BCUT2D eigenvalue weighted by atomic mass is 10.2. The maximum absolute atomic E-state index is 11.4. The van der Waals surface area contributed by atoms with E-state index in [0.717, 1.165) is 37.1 Å². The van der Waals surface area contributed by atoms with Gasteiger partial charge in [0.2, 0.25) is 0 Å². The molecule has 0 fully saturated rings. The van der Waals surface area contributed by atoms with Gasteiger partial charge in [0.05, 0.1) is 0 Å². The normalized spacial score (nSPS) is 10.0. The summed E-state index contributed by atoms with van der Waals surface area (Å²) in [6, 6.07) is 7.70. The van der Waals surface area contributed by atoms with Crippen molar-refractivity contribution in [2.45, 2.75) is 33.1 Å². The van der Waals surface area contributed by atoms with E-state index in [1.165, 1.54) is 0 Å². The highest BCUT2D eigenvalue weighted by molar-refractivity contribution is 5.77. The first-order chi connectivity index (χ1) is 8.22. The van der Waals surface area contributed by atoms with Gasteiger partial charge in [0.1, 0.15) is 5.75 Å². The first-order valence-electron chi connectivity index (χ1n) is 6.18. The predicted molar refractivity (Wildman–Crippen MR) is 69.2 cm³/mol. The average Bonchev–Trinajstić information content (AvgIpc) is 2.32. The lowest BCUT2D eigenvalue weighted by Crippen LogP contribution is -2.29. The summed E-state index contributed by atoms with van der Waals surface area (Å²) in [6.07, 6.45) is 3.35. The summed E-state index contributed by atoms with van der Waals surface area (Å²) >= 11 is 0. The van der Waals surface area contributed by atoms with Gasteiger partial charge in [-0.2, -0.15) is 0 Å². The molecule has 17 heavy (non-hydrogen) atoms. The molecule has 0 aliphatic carbocycles. The Morgan fingerprint density at radius 1 is 1.35 bits per heavy atom. The molecule has 0 bridgehead atoms. The Bertz CT molecular complexity index is 350. The number of rotatable bonds is 7. The zero-order chi connectivity index (χ0) is 12.5. The molecule has 3 heteroatoms. The van der Waals surface area contributed by atoms with Crippen LogP contribution in [0.4, 0.5) is 0 Å². The van der Waals surface area contributed by atoms with Crippen LogP contribution in [0.15, 0.2) is 24.3 Å². The summed E-state index contributed by atoms with van der Waals surface area (Å²) < 4.78 is 5.39. The van der Waals surface area contributed by atoms with Crippen LogP contribution in [0.1, 0.15) is 31.7 Å². The highest BCUT2D eigenvalue weighted by atomic mass is 16.5. The van der Waals surface area contributed by atoms with Crippen LogP contribution in [0, 0.1) is 6.92 Å². The second kappa shape index (κ2) is 7.71. The molecule has 0 unspecified atom stereocenters. The fourth-order valence-corrected chi connectivity index (χ4v) is 1.51. The van der Waals surface area contributed by atoms with E-state index in [1.807, 2.05) is 31.2 Å². The van der Waals surface area contributed by atoms with Crippen molar-refractivity contribution < 1.29 is 9.53 Å². The molecule has 1 aromatic carbocycles. The van der Waals surface area contributed by atoms with Crippen molar-refractivity contribution >= 4 is 5.91 Å². The molecule has 1 rings (SSSR count). The smallest absolute Gasteiger partial charge is 0.257 e. The summed E-state index contributed by atoms with van der Waals surface area (Å²) in [5.74, 6) is 0.691. The fraction of sp³-hybridized carbons (Fsp3) is 0.500. The molecule has 3 nitrogen and oxygen atoms in total. The molecular formula is C14H21NO2. The topological polar surface area (TPSA) is 38.3 Å². The van der Waals surface area contributed by atoms with Gasteiger partial charge in [-0.25, -0.2) is 0 Å². The minimum Gasteiger partial charge on any atom is -0.484 e. The number of carbonyl (C=O) groups excluding carboxylic acids is 1. The molecule has 0 atom stereocenters. The van der Waals surface area contributed by atoms with E-state index in [1.54, 1.807) is 0 Å². The Labute approximate surface area is 103 Å². The quantitative estimate of drug-likeness (QED) is 0.738. The number of carbonyl (C=O) groups is 1. The van der Waals surface area contributed by atoms with E-state index in [2.05, 4.69) is 12.2 Å². The molecule has 0 saturated carbocycles. The standard InChI is InChI=1S/C14H21NO2/c1-3-4-5-9-15-14(16)11-17-13-8-6-7-12(2)10-13/h6-8,10H,3-5,9,11H2,1-2H3,(H,15,16). The number of amides is 1. The number of ether oxygens (including phenoxy) is 1. The third kappa shape index (κ3) is 5.95. The van der Waals surface area contributed by atoms with Gasteiger partial charge in [0.15, 0.2) is 6.61 Å². The summed E-state index contributed by atoms with van der Waals surface area (Å²) in [4.78, 5) is 11.4. The van der Waals surface area contributed by atoms with E-state index < -0.39 is 0 Å². The van der Waals surface area contributed by atoms with Gasteiger partial charge in [-0.05, 0) is 31.0 Å². The molecule has 0 spiro atoms. The molecule has 94 valence electrons. The maximum Gasteiger partial charge on any atom is 0.257 e. The highest BCUT2D eigenvalue weighted by Crippen LogP contribution is 2.11. The van der Waals surface area contributed by atoms with Gasteiger partial charge >= 0.3 is 0 Å². The lowest BCUT2D eigenvalue weighted by molar-refractivity contribution is -0.123. The van der Waals surface area contributed by atoms with Crippen LogP contribution in [0.5, 0.6) is 5.75 Å². The average molecular weight is 235 g/mol. The Kier molecular flexibility index (Phi) is 6.15. The SMILES string of the molecule is CCCCCNC(=O)COc1cccc(C)c1. The second-order valence-corrected chi connectivity index (χ2v) is 4.16. The van der Waals surface area contributed by atoms with Gasteiger partial charge < -0.3 is 10.1 Å². The van der Waals surface area contributed by atoms with Crippen molar-refractivity contribution in [2.75, 3.05) is 13.2 Å². The number of unbranched alkanes of at least 4 members (excludes halogenated alkanes) is 2. The molecule has 1 aromatic rings. The summed E-state index contributed by atoms with van der Waals surface area (Å²) in [7, 11) is 0. The Morgan fingerprint density at radius 2 is 2.18 bits per heavy atom. The summed E-state index contributed by atoms with van der Waals surface area (Å²) in [5.41, 5.74) is 1.13. The van der Waals surface area contributed by atoms with Crippen LogP contribution in [-0.4, -0.2) is 19.1 Å². The van der Waals surface area contributed by atoms with E-state index in [0.29, 0.717) is 0 Å². The molecule has 1 N–H and O–H groups in total. The van der Waals surface area contributed by atoms with Crippen molar-refractivity contribution in [1.29, 1.82) is 0 Å². The number of nitrogens with one attached hydrogen (secondary N) is 1.